The molecule has 9 heteroatoms. The Bertz CT molecular complexity index is 1080. The third-order valence-corrected chi connectivity index (χ3v) is 9.19. The first-order valence-electron chi connectivity index (χ1n) is 20.2. The highest BCUT2D eigenvalue weighted by molar-refractivity contribution is 7.47. The molecule has 0 spiro atoms. The number of aliphatic hydroxyl groups is 1. The van der Waals surface area contributed by atoms with Crippen LogP contribution in [0, 0.1) is 0 Å². The Kier molecular flexibility index (Phi) is 36.7. The summed E-state index contributed by atoms with van der Waals surface area (Å²) in [6.07, 6.45) is 50.6. The van der Waals surface area contributed by atoms with E-state index in [9.17, 15) is 19.4 Å². The van der Waals surface area contributed by atoms with E-state index in [4.69, 9.17) is 14.8 Å². The van der Waals surface area contributed by atoms with Crippen molar-refractivity contribution >= 4 is 13.7 Å². The van der Waals surface area contributed by atoms with Gasteiger partial charge < -0.3 is 21.1 Å². The van der Waals surface area contributed by atoms with Crippen LogP contribution < -0.4 is 11.1 Å². The van der Waals surface area contributed by atoms with Gasteiger partial charge in [0.2, 0.25) is 5.91 Å². The van der Waals surface area contributed by atoms with E-state index in [1.165, 1.54) is 51.4 Å². The van der Waals surface area contributed by atoms with Gasteiger partial charge in [0.15, 0.2) is 0 Å². The van der Waals surface area contributed by atoms with E-state index >= 15 is 0 Å². The van der Waals surface area contributed by atoms with Crippen LogP contribution >= 0.6 is 7.82 Å². The van der Waals surface area contributed by atoms with Gasteiger partial charge in [0.05, 0.1) is 25.4 Å². The van der Waals surface area contributed by atoms with Crippen molar-refractivity contribution in [2.24, 2.45) is 5.73 Å². The van der Waals surface area contributed by atoms with Gasteiger partial charge in [0.25, 0.3) is 0 Å². The molecule has 0 heterocycles. The first-order chi connectivity index (χ1) is 25.4. The molecule has 0 aromatic carbocycles. The Balaban J connectivity index is 4.41. The van der Waals surface area contributed by atoms with Gasteiger partial charge >= 0.3 is 7.82 Å². The molecule has 3 unspecified atom stereocenters. The normalized spacial score (nSPS) is 15.1. The first-order valence-corrected chi connectivity index (χ1v) is 21.7. The zero-order valence-electron chi connectivity index (χ0n) is 32.8. The monoisotopic (exact) mass is 747 g/mol. The molecule has 3 atom stereocenters. The zero-order chi connectivity index (χ0) is 38.2. The van der Waals surface area contributed by atoms with Crippen molar-refractivity contribution in [2.75, 3.05) is 19.8 Å². The van der Waals surface area contributed by atoms with Gasteiger partial charge in [-0.2, -0.15) is 0 Å². The Hall–Kier alpha value is -2.32. The molecule has 298 valence electrons. The predicted octanol–water partition coefficient (Wildman–Crippen LogP) is 11.0. The van der Waals surface area contributed by atoms with Crippen molar-refractivity contribution in [3.8, 4) is 0 Å². The van der Waals surface area contributed by atoms with E-state index < -0.39 is 20.0 Å². The number of amides is 1. The third kappa shape index (κ3) is 36.1. The fourth-order valence-corrected chi connectivity index (χ4v) is 5.93. The molecular formula is C43H75N2O6P. The van der Waals surface area contributed by atoms with Crippen molar-refractivity contribution in [2.45, 2.75) is 161 Å². The fraction of sp³-hybridized carbons (Fsp3) is 0.651. The summed E-state index contributed by atoms with van der Waals surface area (Å²) < 4.78 is 22.0. The van der Waals surface area contributed by atoms with Crippen molar-refractivity contribution in [1.29, 1.82) is 0 Å². The van der Waals surface area contributed by atoms with Crippen molar-refractivity contribution in [3.05, 3.63) is 85.1 Å². The molecule has 1 amide bonds. The van der Waals surface area contributed by atoms with E-state index in [-0.39, 0.29) is 25.7 Å². The minimum absolute atomic E-state index is 0.0636. The number of aliphatic hydroxyl groups excluding tert-OH is 1. The van der Waals surface area contributed by atoms with E-state index in [2.05, 4.69) is 92.1 Å². The number of phosphoric ester groups is 1. The average Bonchev–Trinajstić information content (AvgIpc) is 3.13. The molecule has 0 saturated heterocycles. The SMILES string of the molecule is CC/C=C\C/C=C\C/C=C\C/C=C\C/C=C\CCCCCC(=O)NC(COP(=O)(O)OCCN)C(O)/C=C/CC/C=C/CCCCCCCCCC. The molecule has 0 aromatic heterocycles. The fourth-order valence-electron chi connectivity index (χ4n) is 5.17. The summed E-state index contributed by atoms with van der Waals surface area (Å²) in [5.41, 5.74) is 5.36. The van der Waals surface area contributed by atoms with Crippen LogP contribution in [0.4, 0.5) is 0 Å². The molecule has 0 saturated carbocycles. The summed E-state index contributed by atoms with van der Waals surface area (Å²) >= 11 is 0. The first kappa shape index (κ1) is 49.7. The predicted molar refractivity (Wildman–Crippen MR) is 221 cm³/mol. The summed E-state index contributed by atoms with van der Waals surface area (Å²) in [5, 5.41) is 13.6. The van der Waals surface area contributed by atoms with Crippen LogP contribution in [-0.4, -0.2) is 47.8 Å². The minimum atomic E-state index is -4.36. The average molecular weight is 747 g/mol. The van der Waals surface area contributed by atoms with Gasteiger partial charge in [-0.15, -0.1) is 0 Å². The highest BCUT2D eigenvalue weighted by atomic mass is 31.2. The molecule has 8 nitrogen and oxygen atoms in total. The zero-order valence-corrected chi connectivity index (χ0v) is 33.7. The smallest absolute Gasteiger partial charge is 0.387 e. The van der Waals surface area contributed by atoms with Crippen LogP contribution in [0.3, 0.4) is 0 Å². The summed E-state index contributed by atoms with van der Waals surface area (Å²) in [5.74, 6) is -0.240. The number of allylic oxidation sites excluding steroid dienone is 13. The standard InChI is InChI=1S/C43H75N2O6P/c1-3-5-7-9-11-13-15-17-19-20-21-22-23-25-27-29-31-33-35-37-43(47)45-41(40-51-52(48,49)50-39-38-44)42(46)36-34-32-30-28-26-24-18-16-14-12-10-8-6-4-2/h5,7,11,13,17,19,21-22,25-28,34,36,41-42,46H,3-4,6,8-10,12,14-16,18,20,23-24,29-33,35,37-40,44H2,1-2H3,(H,45,47)(H,48,49)/b7-5-,13-11-,19-17-,22-21-,27-25-,28-26+,36-34+. The van der Waals surface area contributed by atoms with E-state index in [0.717, 1.165) is 70.6 Å². The lowest BCUT2D eigenvalue weighted by Crippen LogP contribution is -2.45. The van der Waals surface area contributed by atoms with E-state index in [1.807, 2.05) is 6.08 Å². The van der Waals surface area contributed by atoms with Crippen molar-refractivity contribution < 1.29 is 28.4 Å². The molecule has 5 N–H and O–H groups in total. The summed E-state index contributed by atoms with van der Waals surface area (Å²) in [7, 11) is -4.36. The maximum atomic E-state index is 12.7. The number of unbranched alkanes of at least 4 members (excludes halogenated alkanes) is 12. The third-order valence-electron chi connectivity index (χ3n) is 8.20. The summed E-state index contributed by atoms with van der Waals surface area (Å²) in [4.78, 5) is 22.6. The second-order valence-corrected chi connectivity index (χ2v) is 14.6. The van der Waals surface area contributed by atoms with Gasteiger partial charge in [-0.25, -0.2) is 4.57 Å². The summed E-state index contributed by atoms with van der Waals surface area (Å²) in [6, 6.07) is -0.899. The number of rotatable bonds is 36. The number of carbonyl (C=O) groups excluding carboxylic acids is 1. The van der Waals surface area contributed by atoms with Crippen molar-refractivity contribution in [3.63, 3.8) is 0 Å². The second-order valence-electron chi connectivity index (χ2n) is 13.1. The largest absolute Gasteiger partial charge is 0.472 e. The van der Waals surface area contributed by atoms with Crippen LogP contribution in [0.2, 0.25) is 0 Å². The Morgan fingerprint density at radius 1 is 0.654 bits per heavy atom. The minimum Gasteiger partial charge on any atom is -0.387 e. The molecule has 0 aliphatic rings. The van der Waals surface area contributed by atoms with Crippen LogP contribution in [0.1, 0.15) is 149 Å². The molecule has 0 aliphatic heterocycles. The molecule has 52 heavy (non-hydrogen) atoms. The van der Waals surface area contributed by atoms with Crippen LogP contribution in [0.5, 0.6) is 0 Å². The number of phosphoric acid groups is 1. The van der Waals surface area contributed by atoms with Crippen LogP contribution in [0.25, 0.3) is 0 Å². The number of nitrogens with two attached hydrogens (primary N) is 1. The van der Waals surface area contributed by atoms with E-state index in [0.29, 0.717) is 12.8 Å². The number of hydrogen-bond acceptors (Lipinski definition) is 6. The van der Waals surface area contributed by atoms with Gasteiger partial charge in [-0.3, -0.25) is 13.8 Å². The van der Waals surface area contributed by atoms with E-state index in [1.54, 1.807) is 6.08 Å². The van der Waals surface area contributed by atoms with Crippen LogP contribution in [-0.2, 0) is 18.4 Å². The maximum Gasteiger partial charge on any atom is 0.472 e. The highest BCUT2D eigenvalue weighted by Gasteiger charge is 2.26. The van der Waals surface area contributed by atoms with Gasteiger partial charge in [0.1, 0.15) is 0 Å². The molecule has 0 fully saturated rings. The quantitative estimate of drug-likeness (QED) is 0.0285. The Morgan fingerprint density at radius 2 is 1.13 bits per heavy atom. The number of nitrogens with one attached hydrogen (secondary N) is 1. The Morgan fingerprint density at radius 3 is 1.71 bits per heavy atom. The van der Waals surface area contributed by atoms with Gasteiger partial charge in [-0.1, -0.05) is 150 Å². The lowest BCUT2D eigenvalue weighted by Gasteiger charge is -2.23. The van der Waals surface area contributed by atoms with Crippen molar-refractivity contribution in [1.82, 2.24) is 5.32 Å². The maximum absolute atomic E-state index is 12.7. The number of carbonyl (C=O) groups is 1. The molecule has 0 bridgehead atoms. The lowest BCUT2D eigenvalue weighted by atomic mass is 10.1. The second kappa shape index (κ2) is 38.4. The summed E-state index contributed by atoms with van der Waals surface area (Å²) in [6.45, 7) is 3.94. The van der Waals surface area contributed by atoms with Gasteiger partial charge in [-0.05, 0) is 77.0 Å². The Labute approximate surface area is 318 Å². The van der Waals surface area contributed by atoms with Gasteiger partial charge in [0, 0.05) is 13.0 Å². The van der Waals surface area contributed by atoms with Crippen LogP contribution in [0.15, 0.2) is 85.1 Å². The molecule has 0 aromatic rings. The lowest BCUT2D eigenvalue weighted by molar-refractivity contribution is -0.123. The molecule has 0 radical (unpaired) electrons. The number of hydrogen-bond donors (Lipinski definition) is 4. The molecule has 0 rings (SSSR count). The topological polar surface area (TPSA) is 131 Å². The highest BCUT2D eigenvalue weighted by Crippen LogP contribution is 2.43. The molecular weight excluding hydrogens is 671 g/mol. The molecule has 0 aliphatic carbocycles.